The van der Waals surface area contributed by atoms with Crippen LogP contribution in [0.4, 0.5) is 0 Å². The van der Waals surface area contributed by atoms with E-state index in [0.717, 1.165) is 32.4 Å². The summed E-state index contributed by atoms with van der Waals surface area (Å²) in [5.74, 6) is 0.0346. The van der Waals surface area contributed by atoms with E-state index in [-0.39, 0.29) is 12.5 Å². The van der Waals surface area contributed by atoms with Crippen LogP contribution in [0, 0.1) is 0 Å². The highest BCUT2D eigenvalue weighted by molar-refractivity contribution is 5.77. The Morgan fingerprint density at radius 1 is 1.29 bits per heavy atom. The maximum atomic E-state index is 11.5. The van der Waals surface area contributed by atoms with E-state index < -0.39 is 0 Å². The molecule has 0 atom stereocenters. The number of piperidine rings is 1. The van der Waals surface area contributed by atoms with Gasteiger partial charge in [-0.3, -0.25) is 4.79 Å². The first-order valence-electron chi connectivity index (χ1n) is 6.85. The van der Waals surface area contributed by atoms with E-state index in [1.807, 2.05) is 6.92 Å². The molecule has 0 spiro atoms. The summed E-state index contributed by atoms with van der Waals surface area (Å²) in [5, 5.41) is 3.05. The standard InChI is InChI=1S/C13H26N2O2/c1-3-7-15-8-5-12(6-9-15)14-13(16)11-17-10-4-2/h12H,3-11H2,1-2H3,(H,14,16). The number of nitrogens with one attached hydrogen (secondary N) is 1. The minimum Gasteiger partial charge on any atom is -0.372 e. The highest BCUT2D eigenvalue weighted by atomic mass is 16.5. The Morgan fingerprint density at radius 2 is 2.00 bits per heavy atom. The Labute approximate surface area is 105 Å². The van der Waals surface area contributed by atoms with Crippen molar-refractivity contribution < 1.29 is 9.53 Å². The average molecular weight is 242 g/mol. The molecule has 100 valence electrons. The lowest BCUT2D eigenvalue weighted by Gasteiger charge is -2.32. The SMILES string of the molecule is CCCOCC(=O)NC1CCN(CCC)CC1. The summed E-state index contributed by atoms with van der Waals surface area (Å²) >= 11 is 0. The smallest absolute Gasteiger partial charge is 0.246 e. The second kappa shape index (κ2) is 8.48. The molecule has 0 aromatic carbocycles. The molecule has 1 aliphatic rings. The first-order valence-corrected chi connectivity index (χ1v) is 6.85. The Morgan fingerprint density at radius 3 is 2.59 bits per heavy atom. The number of carbonyl (C=O) groups is 1. The fourth-order valence-corrected chi connectivity index (χ4v) is 2.20. The highest BCUT2D eigenvalue weighted by Gasteiger charge is 2.19. The Bertz CT molecular complexity index is 213. The number of hydrogen-bond acceptors (Lipinski definition) is 3. The fourth-order valence-electron chi connectivity index (χ4n) is 2.20. The minimum atomic E-state index is 0.0346. The predicted molar refractivity (Wildman–Crippen MR) is 69.0 cm³/mol. The Kier molecular flexibility index (Phi) is 7.21. The maximum Gasteiger partial charge on any atom is 0.246 e. The summed E-state index contributed by atoms with van der Waals surface area (Å²) in [4.78, 5) is 14.0. The molecule has 4 heteroatoms. The molecule has 1 N–H and O–H groups in total. The van der Waals surface area contributed by atoms with Gasteiger partial charge in [0, 0.05) is 25.7 Å². The maximum absolute atomic E-state index is 11.5. The van der Waals surface area contributed by atoms with Crippen LogP contribution in [0.3, 0.4) is 0 Å². The van der Waals surface area contributed by atoms with Crippen LogP contribution in [0.1, 0.15) is 39.5 Å². The zero-order valence-electron chi connectivity index (χ0n) is 11.2. The Hall–Kier alpha value is -0.610. The van der Waals surface area contributed by atoms with Gasteiger partial charge in [-0.2, -0.15) is 0 Å². The molecule has 0 aromatic rings. The minimum absolute atomic E-state index is 0.0346. The van der Waals surface area contributed by atoms with Crippen molar-refractivity contribution in [2.45, 2.75) is 45.6 Å². The molecule has 1 fully saturated rings. The van der Waals surface area contributed by atoms with Crippen LogP contribution >= 0.6 is 0 Å². The summed E-state index contributed by atoms with van der Waals surface area (Å²) in [6.45, 7) is 8.52. The summed E-state index contributed by atoms with van der Waals surface area (Å²) < 4.78 is 5.22. The van der Waals surface area contributed by atoms with Crippen molar-refractivity contribution >= 4 is 5.91 Å². The van der Waals surface area contributed by atoms with Gasteiger partial charge in [0.25, 0.3) is 0 Å². The predicted octanol–water partition coefficient (Wildman–Crippen LogP) is 1.40. The summed E-state index contributed by atoms with van der Waals surface area (Å²) in [6, 6.07) is 0.348. The summed E-state index contributed by atoms with van der Waals surface area (Å²) in [5.41, 5.74) is 0. The monoisotopic (exact) mass is 242 g/mol. The largest absolute Gasteiger partial charge is 0.372 e. The molecule has 0 unspecified atom stereocenters. The van der Waals surface area contributed by atoms with E-state index in [9.17, 15) is 4.79 Å². The molecule has 0 bridgehead atoms. The van der Waals surface area contributed by atoms with Crippen LogP contribution in [-0.4, -0.2) is 49.7 Å². The molecular weight excluding hydrogens is 216 g/mol. The van der Waals surface area contributed by atoms with E-state index in [0.29, 0.717) is 12.6 Å². The molecule has 1 aliphatic heterocycles. The first kappa shape index (κ1) is 14.5. The zero-order chi connectivity index (χ0) is 12.5. The van der Waals surface area contributed by atoms with E-state index in [1.165, 1.54) is 13.0 Å². The van der Waals surface area contributed by atoms with Crippen LogP contribution in [0.25, 0.3) is 0 Å². The quantitative estimate of drug-likeness (QED) is 0.686. The number of carbonyl (C=O) groups excluding carboxylic acids is 1. The van der Waals surface area contributed by atoms with Gasteiger partial charge in [-0.1, -0.05) is 13.8 Å². The first-order chi connectivity index (χ1) is 8.26. The van der Waals surface area contributed by atoms with Crippen molar-refractivity contribution in [3.63, 3.8) is 0 Å². The second-order valence-electron chi connectivity index (χ2n) is 4.74. The Balaban J connectivity index is 2.10. The van der Waals surface area contributed by atoms with Gasteiger partial charge in [-0.15, -0.1) is 0 Å². The van der Waals surface area contributed by atoms with Crippen molar-refractivity contribution in [2.24, 2.45) is 0 Å². The van der Waals surface area contributed by atoms with E-state index in [4.69, 9.17) is 4.74 Å². The lowest BCUT2D eigenvalue weighted by atomic mass is 10.0. The number of rotatable bonds is 7. The number of ether oxygens (including phenoxy) is 1. The van der Waals surface area contributed by atoms with Crippen molar-refractivity contribution in [2.75, 3.05) is 32.8 Å². The normalized spacial score (nSPS) is 18.2. The third-order valence-electron chi connectivity index (χ3n) is 3.07. The van der Waals surface area contributed by atoms with Crippen molar-refractivity contribution in [3.05, 3.63) is 0 Å². The van der Waals surface area contributed by atoms with Gasteiger partial charge in [0.15, 0.2) is 0 Å². The van der Waals surface area contributed by atoms with Gasteiger partial charge in [-0.05, 0) is 32.2 Å². The lowest BCUT2D eigenvalue weighted by Crippen LogP contribution is -2.45. The van der Waals surface area contributed by atoms with Gasteiger partial charge >= 0.3 is 0 Å². The number of nitrogens with zero attached hydrogens (tertiary/aromatic N) is 1. The van der Waals surface area contributed by atoms with Crippen LogP contribution in [0.15, 0.2) is 0 Å². The molecule has 0 radical (unpaired) electrons. The number of amides is 1. The van der Waals surface area contributed by atoms with Crippen molar-refractivity contribution in [3.8, 4) is 0 Å². The zero-order valence-corrected chi connectivity index (χ0v) is 11.2. The molecule has 0 aliphatic carbocycles. The molecule has 1 rings (SSSR count). The average Bonchev–Trinajstić information content (AvgIpc) is 2.32. The van der Waals surface area contributed by atoms with Crippen LogP contribution in [-0.2, 0) is 9.53 Å². The molecule has 1 heterocycles. The van der Waals surface area contributed by atoms with Crippen LogP contribution in [0.5, 0.6) is 0 Å². The lowest BCUT2D eigenvalue weighted by molar-refractivity contribution is -0.126. The highest BCUT2D eigenvalue weighted by Crippen LogP contribution is 2.10. The molecule has 1 saturated heterocycles. The second-order valence-corrected chi connectivity index (χ2v) is 4.74. The van der Waals surface area contributed by atoms with Crippen LogP contribution < -0.4 is 5.32 Å². The molecular formula is C13H26N2O2. The summed E-state index contributed by atoms with van der Waals surface area (Å²) in [6.07, 6.45) is 4.31. The third kappa shape index (κ3) is 6.03. The van der Waals surface area contributed by atoms with Gasteiger partial charge < -0.3 is 15.0 Å². The third-order valence-corrected chi connectivity index (χ3v) is 3.07. The molecule has 4 nitrogen and oxygen atoms in total. The van der Waals surface area contributed by atoms with Crippen molar-refractivity contribution in [1.29, 1.82) is 0 Å². The molecule has 17 heavy (non-hydrogen) atoms. The van der Waals surface area contributed by atoms with Crippen LogP contribution in [0.2, 0.25) is 0 Å². The molecule has 0 saturated carbocycles. The van der Waals surface area contributed by atoms with Gasteiger partial charge in [-0.25, -0.2) is 0 Å². The molecule has 0 aromatic heterocycles. The van der Waals surface area contributed by atoms with Gasteiger partial charge in [0.05, 0.1) is 0 Å². The topological polar surface area (TPSA) is 41.6 Å². The fraction of sp³-hybridized carbons (Fsp3) is 0.923. The number of hydrogen-bond donors (Lipinski definition) is 1. The number of likely N-dealkylation sites (tertiary alicyclic amines) is 1. The van der Waals surface area contributed by atoms with Crippen molar-refractivity contribution in [1.82, 2.24) is 10.2 Å². The van der Waals surface area contributed by atoms with E-state index in [2.05, 4.69) is 17.1 Å². The van der Waals surface area contributed by atoms with Gasteiger partial charge in [0.1, 0.15) is 6.61 Å². The van der Waals surface area contributed by atoms with E-state index >= 15 is 0 Å². The summed E-state index contributed by atoms with van der Waals surface area (Å²) in [7, 11) is 0. The molecule has 1 amide bonds. The van der Waals surface area contributed by atoms with Gasteiger partial charge in [0.2, 0.25) is 5.91 Å². The van der Waals surface area contributed by atoms with E-state index in [1.54, 1.807) is 0 Å².